The summed E-state index contributed by atoms with van der Waals surface area (Å²) >= 11 is 6.06. The van der Waals surface area contributed by atoms with Crippen molar-refractivity contribution in [2.45, 2.75) is 12.6 Å². The number of thiazole rings is 1. The second-order valence-electron chi connectivity index (χ2n) is 3.75. The van der Waals surface area contributed by atoms with E-state index in [0.29, 0.717) is 21.9 Å². The lowest BCUT2D eigenvalue weighted by Gasteiger charge is -2.00. The molecule has 0 radical (unpaired) electrons. The molecule has 0 aliphatic heterocycles. The zero-order chi connectivity index (χ0) is 14.0. The third-order valence-electron chi connectivity index (χ3n) is 2.30. The molecule has 0 atom stereocenters. The second kappa shape index (κ2) is 5.30. The van der Waals surface area contributed by atoms with Gasteiger partial charge >= 0.3 is 6.18 Å². The molecule has 19 heavy (non-hydrogen) atoms. The predicted octanol–water partition coefficient (Wildman–Crippen LogP) is 4.24. The van der Waals surface area contributed by atoms with Gasteiger partial charge in [0.05, 0.1) is 4.88 Å². The Morgan fingerprint density at radius 1 is 1.26 bits per heavy atom. The topological polar surface area (TPSA) is 30.0 Å². The van der Waals surface area contributed by atoms with Crippen LogP contribution < -0.4 is 0 Å². The molecule has 0 bridgehead atoms. The van der Waals surface area contributed by atoms with Gasteiger partial charge in [0.1, 0.15) is 0 Å². The van der Waals surface area contributed by atoms with Gasteiger partial charge in [-0.1, -0.05) is 23.7 Å². The first kappa shape index (κ1) is 14.0. The van der Waals surface area contributed by atoms with Crippen LogP contribution in [0.5, 0.6) is 0 Å². The summed E-state index contributed by atoms with van der Waals surface area (Å²) < 4.78 is 37.1. The van der Waals surface area contributed by atoms with E-state index in [4.69, 9.17) is 11.6 Å². The highest BCUT2D eigenvalue weighted by atomic mass is 35.5. The van der Waals surface area contributed by atoms with Gasteiger partial charge in [0.25, 0.3) is 0 Å². The van der Waals surface area contributed by atoms with E-state index >= 15 is 0 Å². The smallest absolute Gasteiger partial charge is 0.293 e. The normalized spacial score (nSPS) is 11.6. The zero-order valence-corrected chi connectivity index (χ0v) is 10.9. The summed E-state index contributed by atoms with van der Waals surface area (Å²) in [6.45, 7) is 0. The molecule has 0 aliphatic rings. The van der Waals surface area contributed by atoms with Gasteiger partial charge in [-0.15, -0.1) is 11.3 Å². The molecular formula is C12H7ClF3NOS. The number of hydrogen-bond donors (Lipinski definition) is 0. The van der Waals surface area contributed by atoms with Crippen molar-refractivity contribution in [1.29, 1.82) is 0 Å². The first-order valence-electron chi connectivity index (χ1n) is 5.17. The Labute approximate surface area is 115 Å². The lowest BCUT2D eigenvalue weighted by atomic mass is 10.1. The molecule has 0 saturated heterocycles. The molecule has 0 N–H and O–H groups in total. The highest BCUT2D eigenvalue weighted by Gasteiger charge is 2.35. The molecule has 1 aromatic carbocycles. The minimum Gasteiger partial charge on any atom is -0.293 e. The molecular weight excluding hydrogens is 299 g/mol. The van der Waals surface area contributed by atoms with Crippen molar-refractivity contribution in [3.05, 3.63) is 50.9 Å². The lowest BCUT2D eigenvalue weighted by molar-refractivity contribution is -0.137. The number of aromatic nitrogens is 1. The monoisotopic (exact) mass is 305 g/mol. The molecule has 7 heteroatoms. The molecule has 2 aromatic rings. The molecule has 2 rings (SSSR count). The Balaban J connectivity index is 2.12. The van der Waals surface area contributed by atoms with Crippen molar-refractivity contribution in [2.24, 2.45) is 0 Å². The number of benzene rings is 1. The standard InChI is InChI=1S/C12H7ClF3NOS/c13-8-3-1-7(2-4-8)5-9(18)10-6-17-11(19-10)12(14,15)16/h1-4,6H,5H2. The molecule has 0 fully saturated rings. The lowest BCUT2D eigenvalue weighted by Crippen LogP contribution is -2.03. The van der Waals surface area contributed by atoms with Crippen LogP contribution in [0.15, 0.2) is 30.5 Å². The first-order chi connectivity index (χ1) is 8.86. The Bertz CT molecular complexity index is 592. The number of carbonyl (C=O) groups is 1. The highest BCUT2D eigenvalue weighted by Crippen LogP contribution is 2.32. The van der Waals surface area contributed by atoms with Crippen LogP contribution in [-0.2, 0) is 12.6 Å². The van der Waals surface area contributed by atoms with E-state index in [9.17, 15) is 18.0 Å². The average Bonchev–Trinajstić information content (AvgIpc) is 2.81. The molecule has 0 unspecified atom stereocenters. The molecule has 0 aliphatic carbocycles. The van der Waals surface area contributed by atoms with Crippen molar-refractivity contribution in [2.75, 3.05) is 0 Å². The maximum absolute atomic E-state index is 12.4. The SMILES string of the molecule is O=C(Cc1ccc(Cl)cc1)c1cnc(C(F)(F)F)s1. The summed E-state index contributed by atoms with van der Waals surface area (Å²) in [4.78, 5) is 15.0. The Morgan fingerprint density at radius 3 is 2.42 bits per heavy atom. The minimum atomic E-state index is -4.51. The molecule has 2 nitrogen and oxygen atoms in total. The van der Waals surface area contributed by atoms with Crippen molar-refractivity contribution < 1.29 is 18.0 Å². The summed E-state index contributed by atoms with van der Waals surface area (Å²) in [5.41, 5.74) is 0.691. The number of alkyl halides is 3. The highest BCUT2D eigenvalue weighted by molar-refractivity contribution is 7.13. The van der Waals surface area contributed by atoms with Gasteiger partial charge in [-0.05, 0) is 17.7 Å². The molecule has 100 valence electrons. The average molecular weight is 306 g/mol. The number of nitrogens with zero attached hydrogens (tertiary/aromatic N) is 1. The zero-order valence-electron chi connectivity index (χ0n) is 9.37. The van der Waals surface area contributed by atoms with Crippen LogP contribution in [0.25, 0.3) is 0 Å². The van der Waals surface area contributed by atoms with E-state index in [2.05, 4.69) is 4.98 Å². The third-order valence-corrected chi connectivity index (χ3v) is 3.64. The Morgan fingerprint density at radius 2 is 1.89 bits per heavy atom. The minimum absolute atomic E-state index is 0.00211. The van der Waals surface area contributed by atoms with E-state index in [1.807, 2.05) is 0 Å². The van der Waals surface area contributed by atoms with E-state index in [1.165, 1.54) is 0 Å². The van der Waals surface area contributed by atoms with Crippen LogP contribution in [0.2, 0.25) is 5.02 Å². The number of rotatable bonds is 3. The van der Waals surface area contributed by atoms with Gasteiger partial charge in [0, 0.05) is 17.6 Å². The summed E-state index contributed by atoms with van der Waals surface area (Å²) in [5.74, 6) is -0.393. The number of hydrogen-bond acceptors (Lipinski definition) is 3. The van der Waals surface area contributed by atoms with E-state index in [-0.39, 0.29) is 11.3 Å². The van der Waals surface area contributed by atoms with Gasteiger partial charge in [0.15, 0.2) is 10.8 Å². The summed E-state index contributed by atoms with van der Waals surface area (Å²) in [7, 11) is 0. The molecule has 1 aromatic heterocycles. The number of halogens is 4. The Kier molecular flexibility index (Phi) is 3.91. The summed E-state index contributed by atoms with van der Waals surface area (Å²) in [5, 5.41) is -0.472. The van der Waals surface area contributed by atoms with Crippen molar-refractivity contribution >= 4 is 28.7 Å². The number of Topliss-reactive ketones (excluding diaryl/α,β-unsaturated/α-hetero) is 1. The summed E-state index contributed by atoms with van der Waals surface area (Å²) in [6, 6.07) is 6.56. The number of ketones is 1. The van der Waals surface area contributed by atoms with Gasteiger partial charge < -0.3 is 0 Å². The second-order valence-corrected chi connectivity index (χ2v) is 5.22. The maximum Gasteiger partial charge on any atom is 0.443 e. The Hall–Kier alpha value is -1.40. The quantitative estimate of drug-likeness (QED) is 0.794. The van der Waals surface area contributed by atoms with Crippen LogP contribution in [0, 0.1) is 0 Å². The van der Waals surface area contributed by atoms with Crippen LogP contribution >= 0.6 is 22.9 Å². The predicted molar refractivity (Wildman–Crippen MR) is 66.6 cm³/mol. The molecule has 1 heterocycles. The largest absolute Gasteiger partial charge is 0.443 e. The van der Waals surface area contributed by atoms with E-state index < -0.39 is 17.0 Å². The fourth-order valence-corrected chi connectivity index (χ4v) is 2.26. The van der Waals surface area contributed by atoms with E-state index in [1.54, 1.807) is 24.3 Å². The number of carbonyl (C=O) groups excluding carboxylic acids is 1. The van der Waals surface area contributed by atoms with Gasteiger partial charge in [-0.2, -0.15) is 13.2 Å². The van der Waals surface area contributed by atoms with Crippen molar-refractivity contribution in [3.8, 4) is 0 Å². The molecule has 0 saturated carbocycles. The van der Waals surface area contributed by atoms with Crippen molar-refractivity contribution in [1.82, 2.24) is 4.98 Å². The van der Waals surface area contributed by atoms with Crippen LogP contribution in [-0.4, -0.2) is 10.8 Å². The van der Waals surface area contributed by atoms with Gasteiger partial charge in [-0.25, -0.2) is 4.98 Å². The first-order valence-corrected chi connectivity index (χ1v) is 6.36. The van der Waals surface area contributed by atoms with Crippen molar-refractivity contribution in [3.63, 3.8) is 0 Å². The van der Waals surface area contributed by atoms with Crippen LogP contribution in [0.1, 0.15) is 20.2 Å². The van der Waals surface area contributed by atoms with E-state index in [0.717, 1.165) is 6.20 Å². The maximum atomic E-state index is 12.4. The van der Waals surface area contributed by atoms with Crippen LogP contribution in [0.4, 0.5) is 13.2 Å². The third kappa shape index (κ3) is 3.54. The van der Waals surface area contributed by atoms with Gasteiger partial charge in [-0.3, -0.25) is 4.79 Å². The fraction of sp³-hybridized carbons (Fsp3) is 0.167. The summed E-state index contributed by atoms with van der Waals surface area (Å²) in [6.07, 6.45) is -3.52. The molecule has 0 spiro atoms. The van der Waals surface area contributed by atoms with Crippen LogP contribution in [0.3, 0.4) is 0 Å². The van der Waals surface area contributed by atoms with Gasteiger partial charge in [0.2, 0.25) is 0 Å². The molecule has 0 amide bonds. The fourth-order valence-electron chi connectivity index (χ4n) is 1.41.